The van der Waals surface area contributed by atoms with Crippen LogP contribution in [0.2, 0.25) is 0 Å². The van der Waals surface area contributed by atoms with Crippen LogP contribution in [-0.2, 0) is 0 Å². The molecule has 0 saturated carbocycles. The van der Waals surface area contributed by atoms with Crippen molar-refractivity contribution in [3.05, 3.63) is 29.8 Å². The topological polar surface area (TPSA) is 15.3 Å². The van der Waals surface area contributed by atoms with Gasteiger partial charge in [-0.3, -0.25) is 0 Å². The molecule has 0 aliphatic rings. The summed E-state index contributed by atoms with van der Waals surface area (Å²) in [5, 5.41) is 3.36. The predicted molar refractivity (Wildman–Crippen MR) is 67.5 cm³/mol. The molecule has 0 amide bonds. The molecule has 2 nitrogen and oxygen atoms in total. The Labute approximate surface area is 93.3 Å². The summed E-state index contributed by atoms with van der Waals surface area (Å²) < 4.78 is 0. The van der Waals surface area contributed by atoms with Crippen molar-refractivity contribution in [3.8, 4) is 0 Å². The standard InChI is InChI=1S/C13H22N2/c1-5-12(14-3)11-9-7-8-10-13(11)15(4)6-2/h7-10,12,14H,5-6H2,1-4H3. The van der Waals surface area contributed by atoms with E-state index >= 15 is 0 Å². The van der Waals surface area contributed by atoms with Gasteiger partial charge in [-0.1, -0.05) is 25.1 Å². The zero-order chi connectivity index (χ0) is 11.3. The minimum Gasteiger partial charge on any atom is -0.375 e. The van der Waals surface area contributed by atoms with Crippen molar-refractivity contribution in [2.24, 2.45) is 0 Å². The molecule has 1 atom stereocenters. The lowest BCUT2D eigenvalue weighted by Crippen LogP contribution is -2.22. The van der Waals surface area contributed by atoms with Crippen LogP contribution in [0, 0.1) is 0 Å². The molecular formula is C13H22N2. The molecule has 0 spiro atoms. The Kier molecular flexibility index (Phi) is 4.63. The van der Waals surface area contributed by atoms with Gasteiger partial charge in [0.1, 0.15) is 0 Å². The third kappa shape index (κ3) is 2.72. The first-order valence-corrected chi connectivity index (χ1v) is 5.71. The Morgan fingerprint density at radius 1 is 1.27 bits per heavy atom. The molecule has 1 aromatic carbocycles. The minimum absolute atomic E-state index is 0.454. The number of nitrogens with zero attached hydrogens (tertiary/aromatic N) is 1. The van der Waals surface area contributed by atoms with E-state index in [1.807, 2.05) is 7.05 Å². The molecule has 0 aliphatic carbocycles. The summed E-state index contributed by atoms with van der Waals surface area (Å²) in [5.74, 6) is 0. The van der Waals surface area contributed by atoms with Crippen LogP contribution in [0.5, 0.6) is 0 Å². The Morgan fingerprint density at radius 3 is 2.47 bits per heavy atom. The van der Waals surface area contributed by atoms with E-state index in [-0.39, 0.29) is 0 Å². The van der Waals surface area contributed by atoms with E-state index in [0.717, 1.165) is 13.0 Å². The third-order valence-corrected chi connectivity index (χ3v) is 2.95. The molecule has 15 heavy (non-hydrogen) atoms. The summed E-state index contributed by atoms with van der Waals surface area (Å²) in [7, 11) is 4.16. The van der Waals surface area contributed by atoms with Gasteiger partial charge in [-0.05, 0) is 32.0 Å². The maximum atomic E-state index is 3.36. The van der Waals surface area contributed by atoms with Gasteiger partial charge in [-0.15, -0.1) is 0 Å². The second kappa shape index (κ2) is 5.76. The summed E-state index contributed by atoms with van der Waals surface area (Å²) in [6.45, 7) is 5.43. The molecule has 0 heterocycles. The van der Waals surface area contributed by atoms with E-state index in [1.54, 1.807) is 0 Å². The molecule has 0 bridgehead atoms. The summed E-state index contributed by atoms with van der Waals surface area (Å²) in [6.07, 6.45) is 1.12. The smallest absolute Gasteiger partial charge is 0.0412 e. The van der Waals surface area contributed by atoms with Crippen molar-refractivity contribution >= 4 is 5.69 Å². The fourth-order valence-corrected chi connectivity index (χ4v) is 1.88. The molecule has 0 radical (unpaired) electrons. The van der Waals surface area contributed by atoms with Crippen LogP contribution < -0.4 is 10.2 Å². The summed E-state index contributed by atoms with van der Waals surface area (Å²) in [5.41, 5.74) is 2.73. The van der Waals surface area contributed by atoms with Gasteiger partial charge in [0.25, 0.3) is 0 Å². The summed E-state index contributed by atoms with van der Waals surface area (Å²) in [6, 6.07) is 9.08. The van der Waals surface area contributed by atoms with E-state index in [2.05, 4.69) is 55.4 Å². The van der Waals surface area contributed by atoms with Crippen LogP contribution in [0.4, 0.5) is 5.69 Å². The van der Waals surface area contributed by atoms with Crippen LogP contribution in [0.1, 0.15) is 31.9 Å². The minimum atomic E-state index is 0.454. The molecule has 0 aromatic heterocycles. The van der Waals surface area contributed by atoms with Crippen LogP contribution >= 0.6 is 0 Å². The number of hydrogen-bond donors (Lipinski definition) is 1. The Morgan fingerprint density at radius 2 is 1.93 bits per heavy atom. The summed E-state index contributed by atoms with van der Waals surface area (Å²) >= 11 is 0. The van der Waals surface area contributed by atoms with Crippen molar-refractivity contribution in [2.45, 2.75) is 26.3 Å². The average Bonchev–Trinajstić information content (AvgIpc) is 2.30. The van der Waals surface area contributed by atoms with Gasteiger partial charge < -0.3 is 10.2 Å². The lowest BCUT2D eigenvalue weighted by atomic mass is 10.0. The van der Waals surface area contributed by atoms with Crippen LogP contribution in [0.25, 0.3) is 0 Å². The van der Waals surface area contributed by atoms with Crippen molar-refractivity contribution < 1.29 is 0 Å². The molecule has 1 N–H and O–H groups in total. The lowest BCUT2D eigenvalue weighted by Gasteiger charge is -2.25. The molecule has 1 rings (SSSR count). The lowest BCUT2D eigenvalue weighted by molar-refractivity contribution is 0.576. The first kappa shape index (κ1) is 12.1. The maximum absolute atomic E-state index is 3.36. The third-order valence-electron chi connectivity index (χ3n) is 2.95. The molecule has 84 valence electrons. The highest BCUT2D eigenvalue weighted by atomic mass is 15.1. The molecule has 0 fully saturated rings. The number of anilines is 1. The van der Waals surface area contributed by atoms with Crippen molar-refractivity contribution in [1.29, 1.82) is 0 Å². The van der Waals surface area contributed by atoms with Crippen molar-refractivity contribution in [1.82, 2.24) is 5.32 Å². The van der Waals surface area contributed by atoms with Crippen molar-refractivity contribution in [2.75, 3.05) is 25.5 Å². The second-order valence-electron chi connectivity index (χ2n) is 3.82. The molecular weight excluding hydrogens is 184 g/mol. The zero-order valence-corrected chi connectivity index (χ0v) is 10.2. The maximum Gasteiger partial charge on any atom is 0.0412 e. The van der Waals surface area contributed by atoms with E-state index < -0.39 is 0 Å². The summed E-state index contributed by atoms with van der Waals surface area (Å²) in [4.78, 5) is 2.29. The zero-order valence-electron chi connectivity index (χ0n) is 10.2. The predicted octanol–water partition coefficient (Wildman–Crippen LogP) is 2.81. The van der Waals surface area contributed by atoms with Gasteiger partial charge in [-0.25, -0.2) is 0 Å². The Balaban J connectivity index is 3.04. The highest BCUT2D eigenvalue weighted by Crippen LogP contribution is 2.26. The van der Waals surface area contributed by atoms with Gasteiger partial charge in [0.2, 0.25) is 0 Å². The van der Waals surface area contributed by atoms with Gasteiger partial charge >= 0.3 is 0 Å². The fraction of sp³-hybridized carbons (Fsp3) is 0.538. The van der Waals surface area contributed by atoms with E-state index in [0.29, 0.717) is 6.04 Å². The number of rotatable bonds is 5. The second-order valence-corrected chi connectivity index (χ2v) is 3.82. The first-order valence-electron chi connectivity index (χ1n) is 5.71. The normalized spacial score (nSPS) is 12.5. The van der Waals surface area contributed by atoms with E-state index in [4.69, 9.17) is 0 Å². The quantitative estimate of drug-likeness (QED) is 0.797. The molecule has 0 saturated heterocycles. The number of hydrogen-bond acceptors (Lipinski definition) is 2. The van der Waals surface area contributed by atoms with Gasteiger partial charge in [0.15, 0.2) is 0 Å². The highest BCUT2D eigenvalue weighted by molar-refractivity contribution is 5.54. The number of benzene rings is 1. The van der Waals surface area contributed by atoms with Crippen LogP contribution in [0.3, 0.4) is 0 Å². The molecule has 0 aliphatic heterocycles. The Bertz CT molecular complexity index is 292. The first-order chi connectivity index (χ1) is 7.24. The fourth-order valence-electron chi connectivity index (χ4n) is 1.88. The van der Waals surface area contributed by atoms with Crippen molar-refractivity contribution in [3.63, 3.8) is 0 Å². The van der Waals surface area contributed by atoms with Crippen LogP contribution in [-0.4, -0.2) is 20.6 Å². The highest BCUT2D eigenvalue weighted by Gasteiger charge is 2.12. The Hall–Kier alpha value is -1.02. The largest absolute Gasteiger partial charge is 0.375 e. The van der Waals surface area contributed by atoms with Gasteiger partial charge in [0, 0.05) is 25.3 Å². The SMILES string of the molecule is CCC(NC)c1ccccc1N(C)CC. The number of para-hydroxylation sites is 1. The molecule has 1 aromatic rings. The molecule has 1 unspecified atom stereocenters. The average molecular weight is 206 g/mol. The van der Waals surface area contributed by atoms with Gasteiger partial charge in [0.05, 0.1) is 0 Å². The van der Waals surface area contributed by atoms with Crippen LogP contribution in [0.15, 0.2) is 24.3 Å². The van der Waals surface area contributed by atoms with E-state index in [1.165, 1.54) is 11.3 Å². The monoisotopic (exact) mass is 206 g/mol. The number of nitrogens with one attached hydrogen (secondary N) is 1. The van der Waals surface area contributed by atoms with E-state index in [9.17, 15) is 0 Å². The van der Waals surface area contributed by atoms with Gasteiger partial charge in [-0.2, -0.15) is 0 Å². The molecule has 2 heteroatoms.